The molecule has 0 aliphatic rings. The first-order chi connectivity index (χ1) is 9.29. The third kappa shape index (κ3) is 2.42. The van der Waals surface area contributed by atoms with Gasteiger partial charge in [0.25, 0.3) is 0 Å². The van der Waals surface area contributed by atoms with Crippen LogP contribution >= 0.6 is 27.3 Å². The van der Waals surface area contributed by atoms with E-state index < -0.39 is 0 Å². The standard InChI is InChI=1S/C14H12BrN3S/c15-10-7-8-19-14(10)13(18-16)12-6-5-9-3-1-2-4-11(9)17-12/h1-8,13,18H,16H2. The van der Waals surface area contributed by atoms with Crippen LogP contribution in [0, 0.1) is 0 Å². The summed E-state index contributed by atoms with van der Waals surface area (Å²) in [4.78, 5) is 5.82. The molecule has 3 aromatic rings. The second-order valence-corrected chi connectivity index (χ2v) is 5.96. The second-order valence-electron chi connectivity index (χ2n) is 4.16. The summed E-state index contributed by atoms with van der Waals surface area (Å²) in [5.74, 6) is 5.70. The van der Waals surface area contributed by atoms with Crippen molar-refractivity contribution in [2.75, 3.05) is 0 Å². The number of thiophene rings is 1. The summed E-state index contributed by atoms with van der Waals surface area (Å²) in [7, 11) is 0. The minimum atomic E-state index is -0.0982. The van der Waals surface area contributed by atoms with Crippen molar-refractivity contribution in [1.82, 2.24) is 10.4 Å². The van der Waals surface area contributed by atoms with Gasteiger partial charge in [0, 0.05) is 14.7 Å². The first-order valence-electron chi connectivity index (χ1n) is 5.84. The Hall–Kier alpha value is -1.27. The van der Waals surface area contributed by atoms with E-state index in [-0.39, 0.29) is 6.04 Å². The van der Waals surface area contributed by atoms with Crippen molar-refractivity contribution in [3.63, 3.8) is 0 Å². The summed E-state index contributed by atoms with van der Waals surface area (Å²) >= 11 is 5.19. The maximum absolute atomic E-state index is 5.70. The van der Waals surface area contributed by atoms with Crippen LogP contribution in [0.2, 0.25) is 0 Å². The number of nitrogens with two attached hydrogens (primary N) is 1. The summed E-state index contributed by atoms with van der Waals surface area (Å²) in [6.45, 7) is 0. The van der Waals surface area contributed by atoms with E-state index in [0.717, 1.165) is 25.9 Å². The number of benzene rings is 1. The molecule has 2 aromatic heterocycles. The van der Waals surface area contributed by atoms with Crippen molar-refractivity contribution in [3.8, 4) is 0 Å². The van der Waals surface area contributed by atoms with Crippen molar-refractivity contribution in [2.24, 2.45) is 5.84 Å². The molecule has 19 heavy (non-hydrogen) atoms. The third-order valence-corrected chi connectivity index (χ3v) is 4.93. The molecule has 0 bridgehead atoms. The van der Waals surface area contributed by atoms with Crippen LogP contribution in [0.15, 0.2) is 52.3 Å². The van der Waals surface area contributed by atoms with Gasteiger partial charge in [-0.1, -0.05) is 24.3 Å². The molecular formula is C14H12BrN3S. The molecule has 0 spiro atoms. The zero-order valence-electron chi connectivity index (χ0n) is 10.0. The van der Waals surface area contributed by atoms with Crippen LogP contribution in [0.1, 0.15) is 16.6 Å². The minimum Gasteiger partial charge on any atom is -0.270 e. The molecule has 2 heterocycles. The van der Waals surface area contributed by atoms with Gasteiger partial charge in [-0.15, -0.1) is 11.3 Å². The van der Waals surface area contributed by atoms with Gasteiger partial charge < -0.3 is 0 Å². The molecule has 1 aromatic carbocycles. The number of rotatable bonds is 3. The van der Waals surface area contributed by atoms with Crippen LogP contribution in [-0.4, -0.2) is 4.98 Å². The first kappa shape index (κ1) is 12.7. The van der Waals surface area contributed by atoms with Crippen LogP contribution in [0.3, 0.4) is 0 Å². The SMILES string of the molecule is NNC(c1ccc2ccccc2n1)c1sccc1Br. The zero-order valence-corrected chi connectivity index (χ0v) is 12.4. The molecule has 96 valence electrons. The van der Waals surface area contributed by atoms with Gasteiger partial charge in [0.15, 0.2) is 0 Å². The topological polar surface area (TPSA) is 50.9 Å². The highest BCUT2D eigenvalue weighted by molar-refractivity contribution is 9.10. The fourth-order valence-corrected chi connectivity index (χ4v) is 3.72. The average Bonchev–Trinajstić information content (AvgIpc) is 2.86. The average molecular weight is 334 g/mol. The number of hydrogen-bond donors (Lipinski definition) is 2. The summed E-state index contributed by atoms with van der Waals surface area (Å²) in [6, 6.07) is 14.1. The Balaban J connectivity index is 2.09. The smallest absolute Gasteiger partial charge is 0.0984 e. The van der Waals surface area contributed by atoms with Crippen molar-refractivity contribution >= 4 is 38.2 Å². The van der Waals surface area contributed by atoms with Gasteiger partial charge in [-0.05, 0) is 39.5 Å². The van der Waals surface area contributed by atoms with E-state index >= 15 is 0 Å². The lowest BCUT2D eigenvalue weighted by Gasteiger charge is -2.15. The summed E-state index contributed by atoms with van der Waals surface area (Å²) in [6.07, 6.45) is 0. The Kier molecular flexibility index (Phi) is 3.61. The number of nitrogens with zero attached hydrogens (tertiary/aromatic N) is 1. The number of fused-ring (bicyclic) bond motifs is 1. The van der Waals surface area contributed by atoms with E-state index in [1.807, 2.05) is 35.7 Å². The van der Waals surface area contributed by atoms with E-state index in [1.165, 1.54) is 0 Å². The largest absolute Gasteiger partial charge is 0.270 e. The molecule has 1 atom stereocenters. The van der Waals surface area contributed by atoms with E-state index in [0.29, 0.717) is 0 Å². The van der Waals surface area contributed by atoms with Gasteiger partial charge >= 0.3 is 0 Å². The molecule has 3 N–H and O–H groups in total. The summed E-state index contributed by atoms with van der Waals surface area (Å²) in [5, 5.41) is 3.16. The fourth-order valence-electron chi connectivity index (χ4n) is 2.05. The quantitative estimate of drug-likeness (QED) is 0.568. The Morgan fingerprint density at radius 3 is 2.74 bits per heavy atom. The normalized spacial score (nSPS) is 12.7. The zero-order chi connectivity index (χ0) is 13.2. The number of halogens is 1. The highest BCUT2D eigenvalue weighted by Crippen LogP contribution is 2.32. The van der Waals surface area contributed by atoms with Crippen LogP contribution in [0.25, 0.3) is 10.9 Å². The lowest BCUT2D eigenvalue weighted by Crippen LogP contribution is -2.29. The van der Waals surface area contributed by atoms with Crippen molar-refractivity contribution in [1.29, 1.82) is 0 Å². The predicted octanol–water partition coefficient (Wildman–Crippen LogP) is 3.61. The van der Waals surface area contributed by atoms with Gasteiger partial charge in [-0.25, -0.2) is 5.43 Å². The van der Waals surface area contributed by atoms with Gasteiger partial charge in [-0.3, -0.25) is 10.8 Å². The molecule has 0 amide bonds. The van der Waals surface area contributed by atoms with E-state index in [2.05, 4.69) is 38.5 Å². The molecule has 3 nitrogen and oxygen atoms in total. The second kappa shape index (κ2) is 5.38. The summed E-state index contributed by atoms with van der Waals surface area (Å²) < 4.78 is 1.05. The van der Waals surface area contributed by atoms with Crippen LogP contribution in [0.4, 0.5) is 0 Å². The molecule has 0 aliphatic heterocycles. The molecule has 3 rings (SSSR count). The van der Waals surface area contributed by atoms with Crippen molar-refractivity contribution in [2.45, 2.75) is 6.04 Å². The molecular weight excluding hydrogens is 322 g/mol. The molecule has 1 unspecified atom stereocenters. The highest BCUT2D eigenvalue weighted by Gasteiger charge is 2.18. The Labute approximate surface area is 123 Å². The van der Waals surface area contributed by atoms with Crippen LogP contribution < -0.4 is 11.3 Å². The lowest BCUT2D eigenvalue weighted by atomic mass is 10.1. The van der Waals surface area contributed by atoms with Gasteiger partial charge in [0.05, 0.1) is 17.3 Å². The van der Waals surface area contributed by atoms with Crippen LogP contribution in [-0.2, 0) is 0 Å². The molecule has 0 saturated carbocycles. The predicted molar refractivity (Wildman–Crippen MR) is 82.9 cm³/mol. The maximum Gasteiger partial charge on any atom is 0.0984 e. The lowest BCUT2D eigenvalue weighted by molar-refractivity contribution is 0.630. The fraction of sp³-hybridized carbons (Fsp3) is 0.0714. The van der Waals surface area contributed by atoms with E-state index in [1.54, 1.807) is 11.3 Å². The molecule has 0 radical (unpaired) electrons. The van der Waals surface area contributed by atoms with Crippen LogP contribution in [0.5, 0.6) is 0 Å². The van der Waals surface area contributed by atoms with Crippen molar-refractivity contribution in [3.05, 3.63) is 62.9 Å². The number of aromatic nitrogens is 1. The molecule has 0 fully saturated rings. The van der Waals surface area contributed by atoms with Gasteiger partial charge in [0.1, 0.15) is 0 Å². The summed E-state index contributed by atoms with van der Waals surface area (Å²) in [5.41, 5.74) is 4.74. The Morgan fingerprint density at radius 2 is 2.00 bits per heavy atom. The van der Waals surface area contributed by atoms with Crippen molar-refractivity contribution < 1.29 is 0 Å². The number of para-hydroxylation sites is 1. The Morgan fingerprint density at radius 1 is 1.16 bits per heavy atom. The highest BCUT2D eigenvalue weighted by atomic mass is 79.9. The molecule has 0 saturated heterocycles. The number of nitrogens with one attached hydrogen (secondary N) is 1. The van der Waals surface area contributed by atoms with E-state index in [9.17, 15) is 0 Å². The van der Waals surface area contributed by atoms with Gasteiger partial charge in [-0.2, -0.15) is 0 Å². The third-order valence-electron chi connectivity index (χ3n) is 2.99. The van der Waals surface area contributed by atoms with E-state index in [4.69, 9.17) is 5.84 Å². The Bertz CT molecular complexity index is 710. The molecule has 5 heteroatoms. The van der Waals surface area contributed by atoms with Gasteiger partial charge in [0.2, 0.25) is 0 Å². The molecule has 0 aliphatic carbocycles. The number of hydrogen-bond acceptors (Lipinski definition) is 4. The monoisotopic (exact) mass is 333 g/mol. The number of hydrazine groups is 1. The maximum atomic E-state index is 5.70. The number of pyridine rings is 1. The first-order valence-corrected chi connectivity index (χ1v) is 7.51. The minimum absolute atomic E-state index is 0.0982.